The van der Waals surface area contributed by atoms with Crippen LogP contribution in [0.2, 0.25) is 0 Å². The van der Waals surface area contributed by atoms with Gasteiger partial charge in [0, 0.05) is 18.1 Å². The summed E-state index contributed by atoms with van der Waals surface area (Å²) in [5.74, 6) is 0.779. The zero-order valence-electron chi connectivity index (χ0n) is 11.9. The summed E-state index contributed by atoms with van der Waals surface area (Å²) < 4.78 is 5.77. The Labute approximate surface area is 123 Å². The van der Waals surface area contributed by atoms with Crippen LogP contribution in [0.5, 0.6) is 5.75 Å². The highest BCUT2D eigenvalue weighted by molar-refractivity contribution is 5.78. The minimum Gasteiger partial charge on any atom is -0.487 e. The van der Waals surface area contributed by atoms with E-state index < -0.39 is 0 Å². The van der Waals surface area contributed by atoms with Crippen molar-refractivity contribution < 1.29 is 4.74 Å². The Morgan fingerprint density at radius 3 is 2.86 bits per heavy atom. The van der Waals surface area contributed by atoms with Crippen molar-refractivity contribution in [2.24, 2.45) is 0 Å². The monoisotopic (exact) mass is 279 g/mol. The predicted octanol–water partition coefficient (Wildman–Crippen LogP) is 2.93. The molecule has 0 radical (unpaired) electrons. The van der Waals surface area contributed by atoms with Crippen LogP contribution >= 0.6 is 0 Å². The van der Waals surface area contributed by atoms with E-state index in [1.54, 1.807) is 12.4 Å². The second kappa shape index (κ2) is 6.33. The van der Waals surface area contributed by atoms with Crippen LogP contribution < -0.4 is 10.1 Å². The summed E-state index contributed by atoms with van der Waals surface area (Å²) in [6, 6.07) is 14.1. The molecule has 2 aromatic heterocycles. The summed E-state index contributed by atoms with van der Waals surface area (Å²) in [4.78, 5) is 8.64. The van der Waals surface area contributed by atoms with Crippen molar-refractivity contribution in [3.05, 3.63) is 66.1 Å². The van der Waals surface area contributed by atoms with Gasteiger partial charge in [0.25, 0.3) is 0 Å². The van der Waals surface area contributed by atoms with Gasteiger partial charge in [-0.3, -0.25) is 9.97 Å². The van der Waals surface area contributed by atoms with Gasteiger partial charge >= 0.3 is 0 Å². The van der Waals surface area contributed by atoms with E-state index in [0.29, 0.717) is 6.61 Å². The van der Waals surface area contributed by atoms with Crippen molar-refractivity contribution in [2.75, 3.05) is 7.05 Å². The zero-order chi connectivity index (χ0) is 14.5. The number of pyridine rings is 2. The molecular weight excluding hydrogens is 262 g/mol. The average molecular weight is 279 g/mol. The topological polar surface area (TPSA) is 47.0 Å². The molecular formula is C17H17N3O. The number of nitrogens with one attached hydrogen (secondary N) is 1. The minimum atomic E-state index is 0.526. The molecule has 0 spiro atoms. The van der Waals surface area contributed by atoms with Crippen LogP contribution in [0.4, 0.5) is 0 Å². The molecule has 0 aliphatic heterocycles. The zero-order valence-corrected chi connectivity index (χ0v) is 11.9. The van der Waals surface area contributed by atoms with Gasteiger partial charge in [-0.05, 0) is 42.9 Å². The van der Waals surface area contributed by atoms with Crippen LogP contribution in [-0.2, 0) is 13.2 Å². The first-order valence-electron chi connectivity index (χ1n) is 6.91. The highest BCUT2D eigenvalue weighted by Crippen LogP contribution is 2.16. The van der Waals surface area contributed by atoms with E-state index in [9.17, 15) is 0 Å². The second-order valence-corrected chi connectivity index (χ2v) is 4.83. The Bertz CT molecular complexity index is 725. The summed E-state index contributed by atoms with van der Waals surface area (Å²) in [5.41, 5.74) is 3.12. The van der Waals surface area contributed by atoms with Gasteiger partial charge in [-0.1, -0.05) is 12.1 Å². The van der Waals surface area contributed by atoms with Crippen molar-refractivity contribution in [1.82, 2.24) is 15.3 Å². The molecule has 1 aromatic carbocycles. The van der Waals surface area contributed by atoms with Crippen LogP contribution in [0.15, 0.2) is 54.9 Å². The molecule has 0 saturated carbocycles. The number of nitrogens with zero attached hydrogens (tertiary/aromatic N) is 2. The van der Waals surface area contributed by atoms with Crippen LogP contribution in [0, 0.1) is 0 Å². The fourth-order valence-corrected chi connectivity index (χ4v) is 2.16. The third kappa shape index (κ3) is 3.35. The van der Waals surface area contributed by atoms with Gasteiger partial charge in [0.05, 0.1) is 17.4 Å². The quantitative estimate of drug-likeness (QED) is 0.780. The van der Waals surface area contributed by atoms with E-state index in [1.807, 2.05) is 37.4 Å². The number of ether oxygens (including phenoxy) is 1. The Hall–Kier alpha value is -2.46. The minimum absolute atomic E-state index is 0.526. The third-order valence-electron chi connectivity index (χ3n) is 3.23. The smallest absolute Gasteiger partial charge is 0.138 e. The van der Waals surface area contributed by atoms with Crippen molar-refractivity contribution in [2.45, 2.75) is 13.2 Å². The molecule has 4 heteroatoms. The Balaban J connectivity index is 1.68. The summed E-state index contributed by atoms with van der Waals surface area (Å²) in [5, 5.41) is 4.20. The number of benzene rings is 1. The van der Waals surface area contributed by atoms with Crippen LogP contribution in [0.25, 0.3) is 10.9 Å². The molecule has 1 N–H and O–H groups in total. The number of rotatable bonds is 5. The Morgan fingerprint density at radius 2 is 2.05 bits per heavy atom. The van der Waals surface area contributed by atoms with Crippen molar-refractivity contribution in [1.29, 1.82) is 0 Å². The van der Waals surface area contributed by atoms with Gasteiger partial charge in [0.2, 0.25) is 0 Å². The summed E-state index contributed by atoms with van der Waals surface area (Å²) >= 11 is 0. The van der Waals surface area contributed by atoms with Crippen LogP contribution in [0.1, 0.15) is 11.3 Å². The number of fused-ring (bicyclic) bond motifs is 1. The lowest BCUT2D eigenvalue weighted by molar-refractivity contribution is 0.305. The van der Waals surface area contributed by atoms with Gasteiger partial charge in [0.1, 0.15) is 12.4 Å². The SMILES string of the molecule is CNCc1ccc(OCc2ccc3ncccc3c2)cn1. The predicted molar refractivity (Wildman–Crippen MR) is 83.1 cm³/mol. The molecule has 0 saturated heterocycles. The van der Waals surface area contributed by atoms with E-state index in [-0.39, 0.29) is 0 Å². The van der Waals surface area contributed by atoms with Crippen LogP contribution in [-0.4, -0.2) is 17.0 Å². The molecule has 0 atom stereocenters. The summed E-state index contributed by atoms with van der Waals surface area (Å²) in [6.45, 7) is 1.29. The van der Waals surface area contributed by atoms with Gasteiger partial charge in [-0.15, -0.1) is 0 Å². The molecule has 3 aromatic rings. The van der Waals surface area contributed by atoms with E-state index in [1.165, 1.54) is 0 Å². The van der Waals surface area contributed by atoms with Crippen molar-refractivity contribution >= 4 is 10.9 Å². The maximum absolute atomic E-state index is 5.77. The third-order valence-corrected chi connectivity index (χ3v) is 3.23. The molecule has 0 unspecified atom stereocenters. The van der Waals surface area contributed by atoms with Gasteiger partial charge in [-0.25, -0.2) is 0 Å². The maximum atomic E-state index is 5.77. The summed E-state index contributed by atoms with van der Waals surface area (Å²) in [7, 11) is 1.90. The molecule has 21 heavy (non-hydrogen) atoms. The fourth-order valence-electron chi connectivity index (χ4n) is 2.16. The Morgan fingerprint density at radius 1 is 1.10 bits per heavy atom. The lowest BCUT2D eigenvalue weighted by Gasteiger charge is -2.07. The van der Waals surface area contributed by atoms with Gasteiger partial charge in [-0.2, -0.15) is 0 Å². The standard InChI is InChI=1S/C17H17N3O/c1-18-10-15-5-6-16(11-20-15)21-12-13-4-7-17-14(9-13)3-2-8-19-17/h2-9,11,18H,10,12H2,1H3. The van der Waals surface area contributed by atoms with E-state index in [0.717, 1.165) is 34.5 Å². The molecule has 0 bridgehead atoms. The molecule has 0 fully saturated rings. The fraction of sp³-hybridized carbons (Fsp3) is 0.176. The highest BCUT2D eigenvalue weighted by atomic mass is 16.5. The molecule has 3 rings (SSSR count). The van der Waals surface area contributed by atoms with E-state index in [4.69, 9.17) is 4.74 Å². The Kier molecular flexibility index (Phi) is 4.07. The molecule has 0 aliphatic carbocycles. The first kappa shape index (κ1) is 13.5. The molecule has 4 nitrogen and oxygen atoms in total. The maximum Gasteiger partial charge on any atom is 0.138 e. The number of hydrogen-bond donors (Lipinski definition) is 1. The number of hydrogen-bond acceptors (Lipinski definition) is 4. The van der Waals surface area contributed by atoms with E-state index >= 15 is 0 Å². The van der Waals surface area contributed by atoms with Crippen molar-refractivity contribution in [3.8, 4) is 5.75 Å². The molecule has 0 aliphatic rings. The first-order valence-corrected chi connectivity index (χ1v) is 6.91. The van der Waals surface area contributed by atoms with Gasteiger partial charge < -0.3 is 10.1 Å². The normalized spacial score (nSPS) is 10.7. The molecule has 2 heterocycles. The summed E-state index contributed by atoms with van der Waals surface area (Å²) in [6.07, 6.45) is 3.56. The largest absolute Gasteiger partial charge is 0.487 e. The highest BCUT2D eigenvalue weighted by Gasteiger charge is 2.00. The van der Waals surface area contributed by atoms with E-state index in [2.05, 4.69) is 27.4 Å². The van der Waals surface area contributed by atoms with Crippen molar-refractivity contribution in [3.63, 3.8) is 0 Å². The molecule has 106 valence electrons. The second-order valence-electron chi connectivity index (χ2n) is 4.83. The van der Waals surface area contributed by atoms with Gasteiger partial charge in [0.15, 0.2) is 0 Å². The molecule has 0 amide bonds. The lowest BCUT2D eigenvalue weighted by Crippen LogP contribution is -2.06. The van der Waals surface area contributed by atoms with Crippen LogP contribution in [0.3, 0.4) is 0 Å². The average Bonchev–Trinajstić information content (AvgIpc) is 2.54. The first-order chi connectivity index (χ1) is 10.3. The number of aromatic nitrogens is 2. The lowest BCUT2D eigenvalue weighted by atomic mass is 10.1.